The zero-order chi connectivity index (χ0) is 21.6. The molecule has 4 rings (SSSR count). The van der Waals surface area contributed by atoms with Crippen LogP contribution in [0.5, 0.6) is 5.75 Å². The fourth-order valence-electron chi connectivity index (χ4n) is 3.98. The highest BCUT2D eigenvalue weighted by atomic mass is 16.3. The number of hydrogen-bond donors (Lipinski definition) is 2. The molecule has 0 saturated carbocycles. The van der Waals surface area contributed by atoms with E-state index in [1.54, 1.807) is 17.0 Å². The molecule has 2 amide bonds. The van der Waals surface area contributed by atoms with Crippen molar-refractivity contribution in [3.8, 4) is 5.75 Å². The molecule has 1 aliphatic heterocycles. The molecule has 1 saturated heterocycles. The number of nitrogens with zero attached hydrogens (tertiary/aromatic N) is 2. The summed E-state index contributed by atoms with van der Waals surface area (Å²) in [7, 11) is 0. The summed E-state index contributed by atoms with van der Waals surface area (Å²) >= 11 is 0. The van der Waals surface area contributed by atoms with Gasteiger partial charge in [-0.3, -0.25) is 14.5 Å². The first kappa shape index (κ1) is 20.6. The van der Waals surface area contributed by atoms with E-state index in [9.17, 15) is 14.7 Å². The lowest BCUT2D eigenvalue weighted by Crippen LogP contribution is -2.52. The molecule has 31 heavy (non-hydrogen) atoms. The standard InChI is InChI=1S/C25H25N3O3/c29-22-13-7-12-21(18-22)26-24(30)25(31)28-16-14-27(15-17-28)23(19-8-3-1-4-9-19)20-10-5-2-6-11-20/h1-13,18,23,29H,14-17H2,(H,26,30). The lowest BCUT2D eigenvalue weighted by molar-refractivity contribution is -0.144. The molecule has 3 aromatic rings. The maximum atomic E-state index is 12.6. The number of anilines is 1. The predicted octanol–water partition coefficient (Wildman–Crippen LogP) is 3.26. The summed E-state index contributed by atoms with van der Waals surface area (Å²) in [4.78, 5) is 29.0. The Kier molecular flexibility index (Phi) is 6.29. The molecule has 6 nitrogen and oxygen atoms in total. The maximum absolute atomic E-state index is 12.6. The Hall–Kier alpha value is -3.64. The van der Waals surface area contributed by atoms with Crippen molar-refractivity contribution >= 4 is 17.5 Å². The van der Waals surface area contributed by atoms with Gasteiger partial charge in [-0.25, -0.2) is 0 Å². The Morgan fingerprint density at radius 2 is 1.35 bits per heavy atom. The topological polar surface area (TPSA) is 72.9 Å². The molecule has 2 N–H and O–H groups in total. The number of phenolic OH excluding ortho intramolecular Hbond substituents is 1. The average Bonchev–Trinajstić information content (AvgIpc) is 2.81. The first-order chi connectivity index (χ1) is 15.1. The second-order valence-corrected chi connectivity index (χ2v) is 7.56. The van der Waals surface area contributed by atoms with Crippen LogP contribution in [0, 0.1) is 0 Å². The fourth-order valence-corrected chi connectivity index (χ4v) is 3.98. The van der Waals surface area contributed by atoms with E-state index in [0.717, 1.165) is 0 Å². The van der Waals surface area contributed by atoms with Crippen LogP contribution in [0.3, 0.4) is 0 Å². The molecule has 1 fully saturated rings. The summed E-state index contributed by atoms with van der Waals surface area (Å²) in [6.07, 6.45) is 0. The molecular weight excluding hydrogens is 390 g/mol. The smallest absolute Gasteiger partial charge is 0.313 e. The van der Waals surface area contributed by atoms with Crippen LogP contribution in [0.4, 0.5) is 5.69 Å². The van der Waals surface area contributed by atoms with E-state index >= 15 is 0 Å². The van der Waals surface area contributed by atoms with Crippen molar-refractivity contribution in [3.05, 3.63) is 96.1 Å². The molecule has 0 spiro atoms. The van der Waals surface area contributed by atoms with Gasteiger partial charge in [-0.15, -0.1) is 0 Å². The third-order valence-corrected chi connectivity index (χ3v) is 5.50. The van der Waals surface area contributed by atoms with Crippen LogP contribution in [-0.2, 0) is 9.59 Å². The van der Waals surface area contributed by atoms with Crippen molar-refractivity contribution in [2.75, 3.05) is 31.5 Å². The number of phenols is 1. The Morgan fingerprint density at radius 3 is 1.90 bits per heavy atom. The summed E-state index contributed by atoms with van der Waals surface area (Å²) in [5.74, 6) is -1.22. The van der Waals surface area contributed by atoms with E-state index in [4.69, 9.17) is 0 Å². The first-order valence-corrected chi connectivity index (χ1v) is 10.3. The molecule has 1 aliphatic rings. The zero-order valence-electron chi connectivity index (χ0n) is 17.1. The third-order valence-electron chi connectivity index (χ3n) is 5.50. The second-order valence-electron chi connectivity index (χ2n) is 7.56. The van der Waals surface area contributed by atoms with Crippen LogP contribution < -0.4 is 5.32 Å². The fraction of sp³-hybridized carbons (Fsp3) is 0.200. The lowest BCUT2D eigenvalue weighted by atomic mass is 9.96. The normalized spacial score (nSPS) is 14.4. The van der Waals surface area contributed by atoms with Crippen molar-refractivity contribution in [1.29, 1.82) is 0 Å². The molecule has 0 atom stereocenters. The first-order valence-electron chi connectivity index (χ1n) is 10.3. The van der Waals surface area contributed by atoms with Gasteiger partial charge >= 0.3 is 11.8 Å². The van der Waals surface area contributed by atoms with Crippen LogP contribution in [0.25, 0.3) is 0 Å². The van der Waals surface area contributed by atoms with E-state index in [-0.39, 0.29) is 11.8 Å². The van der Waals surface area contributed by atoms with E-state index in [1.807, 2.05) is 36.4 Å². The molecule has 0 aromatic heterocycles. The minimum atomic E-state index is -0.693. The van der Waals surface area contributed by atoms with Gasteiger partial charge < -0.3 is 15.3 Å². The largest absolute Gasteiger partial charge is 0.508 e. The quantitative estimate of drug-likeness (QED) is 0.642. The number of piperazine rings is 1. The number of rotatable bonds is 4. The Labute approximate surface area is 181 Å². The van der Waals surface area contributed by atoms with E-state index in [0.29, 0.717) is 31.9 Å². The molecule has 0 radical (unpaired) electrons. The summed E-state index contributed by atoms with van der Waals surface area (Å²) in [6.45, 7) is 2.28. The summed E-state index contributed by atoms with van der Waals surface area (Å²) in [6, 6.07) is 26.9. The highest BCUT2D eigenvalue weighted by molar-refractivity contribution is 6.39. The number of hydrogen-bond acceptors (Lipinski definition) is 4. The van der Waals surface area contributed by atoms with Crippen molar-refractivity contribution < 1.29 is 14.7 Å². The number of nitrogens with one attached hydrogen (secondary N) is 1. The SMILES string of the molecule is O=C(Nc1cccc(O)c1)C(=O)N1CCN(C(c2ccccc2)c2ccccc2)CC1. The van der Waals surface area contributed by atoms with Gasteiger partial charge in [0.2, 0.25) is 0 Å². The second kappa shape index (κ2) is 9.45. The molecule has 158 valence electrons. The minimum absolute atomic E-state index is 0.0340. The lowest BCUT2D eigenvalue weighted by Gasteiger charge is -2.39. The maximum Gasteiger partial charge on any atom is 0.313 e. The van der Waals surface area contributed by atoms with Crippen molar-refractivity contribution in [2.24, 2.45) is 0 Å². The number of carbonyl (C=O) groups is 2. The Balaban J connectivity index is 1.43. The predicted molar refractivity (Wildman–Crippen MR) is 120 cm³/mol. The summed E-state index contributed by atoms with van der Waals surface area (Å²) in [5.41, 5.74) is 2.80. The van der Waals surface area contributed by atoms with E-state index in [2.05, 4.69) is 34.5 Å². The summed E-state index contributed by atoms with van der Waals surface area (Å²) in [5, 5.41) is 12.1. The summed E-state index contributed by atoms with van der Waals surface area (Å²) < 4.78 is 0. The van der Waals surface area contributed by atoms with Crippen LogP contribution in [-0.4, -0.2) is 52.9 Å². The number of amides is 2. The Morgan fingerprint density at radius 1 is 0.774 bits per heavy atom. The Bertz CT molecular complexity index is 993. The van der Waals surface area contributed by atoms with Gasteiger partial charge in [-0.2, -0.15) is 0 Å². The highest BCUT2D eigenvalue weighted by Crippen LogP contribution is 2.29. The van der Waals surface area contributed by atoms with E-state index < -0.39 is 11.8 Å². The zero-order valence-corrected chi connectivity index (χ0v) is 17.1. The van der Waals surface area contributed by atoms with Gasteiger partial charge in [0.05, 0.1) is 6.04 Å². The number of carbonyl (C=O) groups excluding carboxylic acids is 2. The monoisotopic (exact) mass is 415 g/mol. The van der Waals surface area contributed by atoms with Gasteiger partial charge in [-0.05, 0) is 23.3 Å². The van der Waals surface area contributed by atoms with E-state index in [1.165, 1.54) is 23.3 Å². The highest BCUT2D eigenvalue weighted by Gasteiger charge is 2.30. The van der Waals surface area contributed by atoms with Crippen LogP contribution in [0.15, 0.2) is 84.9 Å². The third kappa shape index (κ3) is 4.92. The molecule has 3 aromatic carbocycles. The molecule has 0 unspecified atom stereocenters. The average molecular weight is 415 g/mol. The molecule has 6 heteroatoms. The number of aromatic hydroxyl groups is 1. The molecular formula is C25H25N3O3. The van der Waals surface area contributed by atoms with Gasteiger partial charge in [0.15, 0.2) is 0 Å². The van der Waals surface area contributed by atoms with Gasteiger partial charge in [0.25, 0.3) is 0 Å². The van der Waals surface area contributed by atoms with Crippen LogP contribution >= 0.6 is 0 Å². The van der Waals surface area contributed by atoms with Gasteiger partial charge in [0.1, 0.15) is 5.75 Å². The van der Waals surface area contributed by atoms with Gasteiger partial charge in [-0.1, -0.05) is 66.7 Å². The van der Waals surface area contributed by atoms with Crippen LogP contribution in [0.1, 0.15) is 17.2 Å². The number of benzene rings is 3. The van der Waals surface area contributed by atoms with Gasteiger partial charge in [0, 0.05) is 37.9 Å². The molecule has 0 bridgehead atoms. The van der Waals surface area contributed by atoms with Crippen LogP contribution in [0.2, 0.25) is 0 Å². The van der Waals surface area contributed by atoms with Crippen molar-refractivity contribution in [1.82, 2.24) is 9.80 Å². The van der Waals surface area contributed by atoms with Crippen molar-refractivity contribution in [2.45, 2.75) is 6.04 Å². The molecule has 1 heterocycles. The van der Waals surface area contributed by atoms with Crippen molar-refractivity contribution in [3.63, 3.8) is 0 Å². The molecule has 0 aliphatic carbocycles. The minimum Gasteiger partial charge on any atom is -0.508 e.